The van der Waals surface area contributed by atoms with Crippen molar-refractivity contribution >= 4 is 43.8 Å². The molecule has 0 unspecified atom stereocenters. The van der Waals surface area contributed by atoms with Crippen molar-refractivity contribution in [3.05, 3.63) is 32.2 Å². The van der Waals surface area contributed by atoms with Crippen molar-refractivity contribution in [2.24, 2.45) is 0 Å². The molecular formula is C34H56Br2O4. The zero-order chi connectivity index (χ0) is 29.3. The van der Waals surface area contributed by atoms with E-state index in [2.05, 4.69) is 45.7 Å². The van der Waals surface area contributed by atoms with Gasteiger partial charge in [-0.3, -0.25) is 0 Å². The summed E-state index contributed by atoms with van der Waals surface area (Å²) in [5, 5.41) is 0. The SMILES string of the molecule is CCCCCCCCCCCCCOC(=O)c1cc(Br)c(C(=O)OCCCCCCCCCCCCC)cc1Br. The van der Waals surface area contributed by atoms with Crippen molar-refractivity contribution in [1.29, 1.82) is 0 Å². The smallest absolute Gasteiger partial charge is 0.339 e. The van der Waals surface area contributed by atoms with Gasteiger partial charge in [0.25, 0.3) is 0 Å². The molecule has 0 bridgehead atoms. The molecule has 0 saturated carbocycles. The minimum Gasteiger partial charge on any atom is -0.462 e. The van der Waals surface area contributed by atoms with Crippen LogP contribution in [0.5, 0.6) is 0 Å². The Morgan fingerprint density at radius 2 is 0.725 bits per heavy atom. The third kappa shape index (κ3) is 18.5. The first-order valence-electron chi connectivity index (χ1n) is 16.3. The lowest BCUT2D eigenvalue weighted by Crippen LogP contribution is -2.11. The maximum Gasteiger partial charge on any atom is 0.339 e. The molecule has 0 aliphatic heterocycles. The van der Waals surface area contributed by atoms with Crippen LogP contribution in [0.25, 0.3) is 0 Å². The summed E-state index contributed by atoms with van der Waals surface area (Å²) in [5.74, 6) is -0.749. The van der Waals surface area contributed by atoms with Gasteiger partial charge in [-0.05, 0) is 56.8 Å². The zero-order valence-electron chi connectivity index (χ0n) is 25.5. The Kier molecular flexibility index (Phi) is 24.0. The van der Waals surface area contributed by atoms with Crippen LogP contribution in [0, 0.1) is 0 Å². The Hall–Kier alpha value is -0.880. The van der Waals surface area contributed by atoms with Crippen molar-refractivity contribution in [3.63, 3.8) is 0 Å². The number of unbranched alkanes of at least 4 members (excludes halogenated alkanes) is 20. The molecule has 0 aliphatic carbocycles. The molecule has 0 spiro atoms. The first kappa shape index (κ1) is 37.1. The number of hydrogen-bond donors (Lipinski definition) is 0. The van der Waals surface area contributed by atoms with Gasteiger partial charge >= 0.3 is 11.9 Å². The monoisotopic (exact) mass is 686 g/mol. The van der Waals surface area contributed by atoms with Crippen LogP contribution in [0.4, 0.5) is 0 Å². The van der Waals surface area contributed by atoms with Gasteiger partial charge in [-0.2, -0.15) is 0 Å². The predicted molar refractivity (Wildman–Crippen MR) is 175 cm³/mol. The van der Waals surface area contributed by atoms with Gasteiger partial charge in [-0.1, -0.05) is 142 Å². The molecular weight excluding hydrogens is 632 g/mol. The van der Waals surface area contributed by atoms with Crippen LogP contribution in [0.2, 0.25) is 0 Å². The normalized spacial score (nSPS) is 11.1. The molecule has 1 aromatic rings. The summed E-state index contributed by atoms with van der Waals surface area (Å²) in [4.78, 5) is 25.2. The highest BCUT2D eigenvalue weighted by atomic mass is 79.9. The summed E-state index contributed by atoms with van der Waals surface area (Å²) in [6.07, 6.45) is 27.7. The predicted octanol–water partition coefficient (Wildman–Crippen LogP) is 12.1. The van der Waals surface area contributed by atoms with E-state index in [-0.39, 0.29) is 11.9 Å². The first-order chi connectivity index (χ1) is 19.5. The van der Waals surface area contributed by atoms with Gasteiger partial charge in [0.15, 0.2) is 0 Å². The highest BCUT2D eigenvalue weighted by Crippen LogP contribution is 2.28. The second-order valence-electron chi connectivity index (χ2n) is 11.2. The number of esters is 2. The molecule has 0 amide bonds. The fourth-order valence-corrected chi connectivity index (χ4v) is 5.89. The van der Waals surface area contributed by atoms with Gasteiger partial charge < -0.3 is 9.47 Å². The van der Waals surface area contributed by atoms with E-state index in [9.17, 15) is 9.59 Å². The molecule has 0 N–H and O–H groups in total. The van der Waals surface area contributed by atoms with E-state index in [0.717, 1.165) is 25.7 Å². The van der Waals surface area contributed by atoms with Crippen molar-refractivity contribution in [2.45, 2.75) is 155 Å². The van der Waals surface area contributed by atoms with E-state index in [1.165, 1.54) is 116 Å². The minimum atomic E-state index is -0.375. The van der Waals surface area contributed by atoms with Crippen LogP contribution in [0.3, 0.4) is 0 Å². The average molecular weight is 689 g/mol. The molecule has 0 radical (unpaired) electrons. The van der Waals surface area contributed by atoms with E-state index < -0.39 is 0 Å². The third-order valence-electron chi connectivity index (χ3n) is 7.46. The summed E-state index contributed by atoms with van der Waals surface area (Å²) in [6, 6.07) is 3.29. The lowest BCUT2D eigenvalue weighted by atomic mass is 10.1. The van der Waals surface area contributed by atoms with Gasteiger partial charge in [-0.15, -0.1) is 0 Å². The molecule has 4 nitrogen and oxygen atoms in total. The van der Waals surface area contributed by atoms with E-state index in [0.29, 0.717) is 33.3 Å². The largest absolute Gasteiger partial charge is 0.462 e. The quantitative estimate of drug-likeness (QED) is 0.0718. The van der Waals surface area contributed by atoms with Gasteiger partial charge in [0, 0.05) is 8.95 Å². The molecule has 40 heavy (non-hydrogen) atoms. The third-order valence-corrected chi connectivity index (χ3v) is 8.77. The Morgan fingerprint density at radius 3 is 1.00 bits per heavy atom. The number of ether oxygens (including phenoxy) is 2. The molecule has 0 fully saturated rings. The van der Waals surface area contributed by atoms with Crippen LogP contribution in [0.1, 0.15) is 176 Å². The number of carbonyl (C=O) groups excluding carboxylic acids is 2. The van der Waals surface area contributed by atoms with Gasteiger partial charge in [0.2, 0.25) is 0 Å². The van der Waals surface area contributed by atoms with Crippen LogP contribution in [-0.4, -0.2) is 25.2 Å². The van der Waals surface area contributed by atoms with Crippen molar-refractivity contribution < 1.29 is 19.1 Å². The second-order valence-corrected chi connectivity index (χ2v) is 12.9. The molecule has 1 rings (SSSR count). The van der Waals surface area contributed by atoms with Crippen molar-refractivity contribution in [1.82, 2.24) is 0 Å². The highest BCUT2D eigenvalue weighted by Gasteiger charge is 2.19. The minimum absolute atomic E-state index is 0.375. The van der Waals surface area contributed by atoms with E-state index in [4.69, 9.17) is 9.47 Å². The summed E-state index contributed by atoms with van der Waals surface area (Å²) < 4.78 is 12.1. The Balaban J connectivity index is 2.18. The van der Waals surface area contributed by atoms with Gasteiger partial charge in [0.1, 0.15) is 0 Å². The van der Waals surface area contributed by atoms with Crippen molar-refractivity contribution in [2.75, 3.05) is 13.2 Å². The zero-order valence-corrected chi connectivity index (χ0v) is 28.7. The van der Waals surface area contributed by atoms with E-state index in [1.807, 2.05) is 0 Å². The first-order valence-corrected chi connectivity index (χ1v) is 17.9. The van der Waals surface area contributed by atoms with Crippen LogP contribution in [0.15, 0.2) is 21.1 Å². The summed E-state index contributed by atoms with van der Waals surface area (Å²) in [5.41, 5.74) is 0.828. The number of benzene rings is 1. The molecule has 6 heteroatoms. The standard InChI is InChI=1S/C34H56Br2O4/c1-3-5-7-9-11-13-15-17-19-21-23-25-39-33(37)29-27-32(36)30(28-31(29)35)34(38)40-26-24-22-20-18-16-14-12-10-8-6-4-2/h27-28H,3-26H2,1-2H3. The van der Waals surface area contributed by atoms with E-state index in [1.54, 1.807) is 12.1 Å². The van der Waals surface area contributed by atoms with Gasteiger partial charge in [-0.25, -0.2) is 9.59 Å². The number of halogens is 2. The second kappa shape index (κ2) is 25.8. The topological polar surface area (TPSA) is 52.6 Å². The van der Waals surface area contributed by atoms with Crippen molar-refractivity contribution in [3.8, 4) is 0 Å². The summed E-state index contributed by atoms with van der Waals surface area (Å²) >= 11 is 6.88. The Labute approximate surface area is 262 Å². The molecule has 0 aromatic heterocycles. The lowest BCUT2D eigenvalue weighted by molar-refractivity contribution is 0.0481. The number of hydrogen-bond acceptors (Lipinski definition) is 4. The van der Waals surface area contributed by atoms with Crippen LogP contribution in [-0.2, 0) is 9.47 Å². The fourth-order valence-electron chi connectivity index (χ4n) is 4.88. The Morgan fingerprint density at radius 1 is 0.475 bits per heavy atom. The summed E-state index contributed by atoms with van der Waals surface area (Å²) in [7, 11) is 0. The molecule has 230 valence electrons. The fraction of sp³-hybridized carbons (Fsp3) is 0.765. The van der Waals surface area contributed by atoms with Gasteiger partial charge in [0.05, 0.1) is 24.3 Å². The molecule has 0 atom stereocenters. The number of carbonyl (C=O) groups is 2. The lowest BCUT2D eigenvalue weighted by Gasteiger charge is -2.11. The maximum atomic E-state index is 12.6. The maximum absolute atomic E-state index is 12.6. The molecule has 0 saturated heterocycles. The van der Waals surface area contributed by atoms with E-state index >= 15 is 0 Å². The van der Waals surface area contributed by atoms with Crippen LogP contribution < -0.4 is 0 Å². The number of rotatable bonds is 26. The Bertz CT molecular complexity index is 731. The molecule has 0 aliphatic rings. The molecule has 0 heterocycles. The average Bonchev–Trinajstić information content (AvgIpc) is 2.95. The molecule has 1 aromatic carbocycles. The summed E-state index contributed by atoms with van der Waals surface area (Å²) in [6.45, 7) is 5.35. The van der Waals surface area contributed by atoms with Crippen LogP contribution >= 0.6 is 31.9 Å². The highest BCUT2D eigenvalue weighted by molar-refractivity contribution is 9.11.